The van der Waals surface area contributed by atoms with Crippen molar-refractivity contribution < 1.29 is 4.42 Å². The Morgan fingerprint density at radius 1 is 1.10 bits per heavy atom. The zero-order valence-electron chi connectivity index (χ0n) is 13.8. The molecule has 0 amide bonds. The van der Waals surface area contributed by atoms with Crippen LogP contribution >= 0.6 is 0 Å². The lowest BCUT2D eigenvalue weighted by Crippen LogP contribution is -2.31. The first-order chi connectivity index (χ1) is 9.25. The van der Waals surface area contributed by atoms with Gasteiger partial charge in [-0.1, -0.05) is 33.8 Å². The van der Waals surface area contributed by atoms with Crippen LogP contribution in [0.25, 0.3) is 11.0 Å². The predicted octanol–water partition coefficient (Wildman–Crippen LogP) is 5.05. The average Bonchev–Trinajstić information content (AvgIpc) is 2.77. The lowest BCUT2D eigenvalue weighted by atomic mass is 9.85. The summed E-state index contributed by atoms with van der Waals surface area (Å²) in [5, 5.41) is 4.81. The SMILES string of the molecule is CCNC(c1cc2c(C)cc(C)c(C)c2o1)C(C)(C)C. The minimum atomic E-state index is 0.126. The topological polar surface area (TPSA) is 25.2 Å². The van der Waals surface area contributed by atoms with Gasteiger partial charge in [0.25, 0.3) is 0 Å². The van der Waals surface area contributed by atoms with Crippen LogP contribution in [0.15, 0.2) is 16.5 Å². The van der Waals surface area contributed by atoms with Crippen LogP contribution in [0.2, 0.25) is 0 Å². The van der Waals surface area contributed by atoms with Crippen LogP contribution in [0.4, 0.5) is 0 Å². The van der Waals surface area contributed by atoms with E-state index < -0.39 is 0 Å². The molecular weight excluding hydrogens is 246 g/mol. The summed E-state index contributed by atoms with van der Waals surface area (Å²) < 4.78 is 6.24. The van der Waals surface area contributed by atoms with Gasteiger partial charge >= 0.3 is 0 Å². The molecule has 1 aromatic carbocycles. The van der Waals surface area contributed by atoms with Crippen LogP contribution in [-0.4, -0.2) is 6.54 Å². The number of benzene rings is 1. The molecule has 2 heteroatoms. The molecule has 2 aromatic rings. The summed E-state index contributed by atoms with van der Waals surface area (Å²) in [6.45, 7) is 16.3. The molecular formula is C18H27NO. The van der Waals surface area contributed by atoms with Crippen molar-refractivity contribution in [3.63, 3.8) is 0 Å². The Labute approximate surface area is 122 Å². The van der Waals surface area contributed by atoms with Crippen LogP contribution in [0.1, 0.15) is 56.2 Å². The molecule has 1 N–H and O–H groups in total. The van der Waals surface area contributed by atoms with Gasteiger partial charge in [-0.05, 0) is 55.5 Å². The van der Waals surface area contributed by atoms with E-state index in [9.17, 15) is 0 Å². The molecule has 1 atom stereocenters. The van der Waals surface area contributed by atoms with Crippen LogP contribution in [-0.2, 0) is 0 Å². The van der Waals surface area contributed by atoms with E-state index in [0.29, 0.717) is 0 Å². The van der Waals surface area contributed by atoms with Gasteiger partial charge in [-0.15, -0.1) is 0 Å². The number of hydrogen-bond acceptors (Lipinski definition) is 2. The lowest BCUT2D eigenvalue weighted by Gasteiger charge is -2.29. The van der Waals surface area contributed by atoms with E-state index in [1.165, 1.54) is 22.1 Å². The fraction of sp³-hybridized carbons (Fsp3) is 0.556. The Bertz CT molecular complexity index is 616. The first-order valence-corrected chi connectivity index (χ1v) is 7.49. The zero-order chi connectivity index (χ0) is 15.1. The molecule has 1 aromatic heterocycles. The third-order valence-corrected chi connectivity index (χ3v) is 4.10. The Hall–Kier alpha value is -1.28. The first-order valence-electron chi connectivity index (χ1n) is 7.49. The van der Waals surface area contributed by atoms with E-state index in [1.807, 2.05) is 0 Å². The molecule has 1 unspecified atom stereocenters. The molecule has 20 heavy (non-hydrogen) atoms. The molecule has 2 rings (SSSR count). The highest BCUT2D eigenvalue weighted by Crippen LogP contribution is 2.37. The van der Waals surface area contributed by atoms with Crippen LogP contribution in [0, 0.1) is 26.2 Å². The number of hydrogen-bond donors (Lipinski definition) is 1. The van der Waals surface area contributed by atoms with Crippen LogP contribution in [0.5, 0.6) is 0 Å². The maximum absolute atomic E-state index is 6.24. The Morgan fingerprint density at radius 3 is 2.30 bits per heavy atom. The van der Waals surface area contributed by atoms with Crippen molar-refractivity contribution in [2.45, 2.75) is 54.5 Å². The molecule has 2 nitrogen and oxygen atoms in total. The molecule has 0 saturated heterocycles. The van der Waals surface area contributed by atoms with Crippen molar-refractivity contribution in [1.82, 2.24) is 5.32 Å². The normalized spacial score (nSPS) is 13.9. The monoisotopic (exact) mass is 273 g/mol. The number of furan rings is 1. The molecule has 0 aliphatic heterocycles. The zero-order valence-corrected chi connectivity index (χ0v) is 13.8. The van der Waals surface area contributed by atoms with Crippen molar-refractivity contribution in [3.05, 3.63) is 34.6 Å². The van der Waals surface area contributed by atoms with Gasteiger partial charge in [-0.2, -0.15) is 0 Å². The largest absolute Gasteiger partial charge is 0.459 e. The van der Waals surface area contributed by atoms with E-state index in [4.69, 9.17) is 4.42 Å². The standard InChI is InChI=1S/C18H27NO/c1-8-19-17(18(5,6)7)15-10-14-12(3)9-11(2)13(4)16(14)20-15/h9-10,17,19H,8H2,1-7H3. The van der Waals surface area contributed by atoms with E-state index in [-0.39, 0.29) is 11.5 Å². The molecule has 0 fully saturated rings. The maximum atomic E-state index is 6.24. The molecule has 0 aliphatic rings. The summed E-state index contributed by atoms with van der Waals surface area (Å²) in [7, 11) is 0. The Kier molecular flexibility index (Phi) is 3.97. The molecule has 0 saturated carbocycles. The second-order valence-electron chi connectivity index (χ2n) is 6.88. The molecule has 0 radical (unpaired) electrons. The van der Waals surface area contributed by atoms with Crippen molar-refractivity contribution in [3.8, 4) is 0 Å². The highest BCUT2D eigenvalue weighted by atomic mass is 16.3. The van der Waals surface area contributed by atoms with Gasteiger partial charge in [0, 0.05) is 5.39 Å². The summed E-state index contributed by atoms with van der Waals surface area (Å²) in [6.07, 6.45) is 0. The minimum absolute atomic E-state index is 0.126. The predicted molar refractivity (Wildman–Crippen MR) is 86.3 cm³/mol. The van der Waals surface area contributed by atoms with Gasteiger partial charge in [0.15, 0.2) is 0 Å². The molecule has 0 spiro atoms. The van der Waals surface area contributed by atoms with E-state index in [1.54, 1.807) is 0 Å². The smallest absolute Gasteiger partial charge is 0.137 e. The van der Waals surface area contributed by atoms with E-state index in [0.717, 1.165) is 17.9 Å². The lowest BCUT2D eigenvalue weighted by molar-refractivity contribution is 0.244. The van der Waals surface area contributed by atoms with Crippen LogP contribution < -0.4 is 5.32 Å². The fourth-order valence-electron chi connectivity index (χ4n) is 2.85. The summed E-state index contributed by atoms with van der Waals surface area (Å²) in [4.78, 5) is 0. The Balaban J connectivity index is 2.61. The molecule has 1 heterocycles. The van der Waals surface area contributed by atoms with E-state index >= 15 is 0 Å². The van der Waals surface area contributed by atoms with Gasteiger partial charge in [-0.3, -0.25) is 0 Å². The number of fused-ring (bicyclic) bond motifs is 1. The van der Waals surface area contributed by atoms with Crippen LogP contribution in [0.3, 0.4) is 0 Å². The summed E-state index contributed by atoms with van der Waals surface area (Å²) in [6, 6.07) is 4.70. The number of aryl methyl sites for hydroxylation is 3. The molecule has 110 valence electrons. The van der Waals surface area contributed by atoms with Crippen molar-refractivity contribution in [2.24, 2.45) is 5.41 Å². The minimum Gasteiger partial charge on any atom is -0.459 e. The molecule has 0 bridgehead atoms. The third kappa shape index (κ3) is 2.62. The van der Waals surface area contributed by atoms with Gasteiger partial charge in [-0.25, -0.2) is 0 Å². The van der Waals surface area contributed by atoms with Crippen molar-refractivity contribution in [1.29, 1.82) is 0 Å². The number of nitrogens with one attached hydrogen (secondary N) is 1. The van der Waals surface area contributed by atoms with Gasteiger partial charge in [0.2, 0.25) is 0 Å². The van der Waals surface area contributed by atoms with Crippen molar-refractivity contribution in [2.75, 3.05) is 6.54 Å². The Morgan fingerprint density at radius 2 is 1.75 bits per heavy atom. The first kappa shape index (κ1) is 15.1. The summed E-state index contributed by atoms with van der Waals surface area (Å²) in [5.74, 6) is 1.05. The highest BCUT2D eigenvalue weighted by Gasteiger charge is 2.29. The van der Waals surface area contributed by atoms with Crippen molar-refractivity contribution >= 4 is 11.0 Å². The number of rotatable bonds is 3. The summed E-state index contributed by atoms with van der Waals surface area (Å²) >= 11 is 0. The average molecular weight is 273 g/mol. The fourth-order valence-corrected chi connectivity index (χ4v) is 2.85. The second-order valence-corrected chi connectivity index (χ2v) is 6.88. The van der Waals surface area contributed by atoms with Gasteiger partial charge in [0.1, 0.15) is 11.3 Å². The van der Waals surface area contributed by atoms with E-state index in [2.05, 4.69) is 65.9 Å². The second kappa shape index (κ2) is 5.25. The van der Waals surface area contributed by atoms with Gasteiger partial charge < -0.3 is 9.73 Å². The van der Waals surface area contributed by atoms with Gasteiger partial charge in [0.05, 0.1) is 6.04 Å². The highest BCUT2D eigenvalue weighted by molar-refractivity contribution is 5.85. The summed E-state index contributed by atoms with van der Waals surface area (Å²) in [5.41, 5.74) is 5.01. The molecule has 0 aliphatic carbocycles. The quantitative estimate of drug-likeness (QED) is 0.846. The maximum Gasteiger partial charge on any atom is 0.137 e. The third-order valence-electron chi connectivity index (χ3n) is 4.10.